The summed E-state index contributed by atoms with van der Waals surface area (Å²) >= 11 is 0. The van der Waals surface area contributed by atoms with E-state index in [0.29, 0.717) is 5.82 Å². The van der Waals surface area contributed by atoms with E-state index in [-0.39, 0.29) is 18.1 Å². The number of carbonyl (C=O) groups excluding carboxylic acids is 1. The average Bonchev–Trinajstić information content (AvgIpc) is 3.26. The fraction of sp³-hybridized carbons (Fsp3) is 0.294. The van der Waals surface area contributed by atoms with E-state index in [1.807, 2.05) is 57.4 Å². The molecule has 8 heteroatoms. The molecule has 25 heavy (non-hydrogen) atoms. The first kappa shape index (κ1) is 16.7. The van der Waals surface area contributed by atoms with Crippen molar-refractivity contribution in [3.63, 3.8) is 0 Å². The highest BCUT2D eigenvalue weighted by atomic mass is 16.2. The molecule has 0 saturated carbocycles. The van der Waals surface area contributed by atoms with E-state index in [4.69, 9.17) is 0 Å². The molecule has 0 bridgehead atoms. The molecule has 0 aliphatic heterocycles. The van der Waals surface area contributed by atoms with E-state index in [9.17, 15) is 4.79 Å². The van der Waals surface area contributed by atoms with Crippen molar-refractivity contribution in [3.8, 4) is 5.69 Å². The highest BCUT2D eigenvalue weighted by Gasteiger charge is 2.16. The summed E-state index contributed by atoms with van der Waals surface area (Å²) in [6.07, 6.45) is 5.22. The summed E-state index contributed by atoms with van der Waals surface area (Å²) in [6, 6.07) is 9.12. The third kappa shape index (κ3) is 3.85. The van der Waals surface area contributed by atoms with Crippen LogP contribution in [0.4, 0.5) is 4.79 Å². The number of aryl methyl sites for hydroxylation is 1. The van der Waals surface area contributed by atoms with Crippen LogP contribution in [-0.4, -0.2) is 30.6 Å². The summed E-state index contributed by atoms with van der Waals surface area (Å²) in [5.41, 5.74) is 1.94. The highest BCUT2D eigenvalue weighted by molar-refractivity contribution is 5.74. The summed E-state index contributed by atoms with van der Waals surface area (Å²) in [4.78, 5) is 12.3. The largest absolute Gasteiger partial charge is 0.332 e. The molecule has 0 aliphatic rings. The van der Waals surface area contributed by atoms with Gasteiger partial charge >= 0.3 is 6.03 Å². The van der Waals surface area contributed by atoms with Gasteiger partial charge < -0.3 is 15.2 Å². The fourth-order valence-corrected chi connectivity index (χ4v) is 2.63. The minimum atomic E-state index is -0.257. The van der Waals surface area contributed by atoms with Crippen molar-refractivity contribution in [1.82, 2.24) is 35.2 Å². The molecule has 130 valence electrons. The zero-order valence-electron chi connectivity index (χ0n) is 14.4. The molecule has 2 atom stereocenters. The van der Waals surface area contributed by atoms with Gasteiger partial charge in [-0.1, -0.05) is 12.1 Å². The molecule has 0 aliphatic carbocycles. The van der Waals surface area contributed by atoms with Gasteiger partial charge in [-0.3, -0.25) is 0 Å². The van der Waals surface area contributed by atoms with Gasteiger partial charge in [-0.25, -0.2) is 9.48 Å². The number of rotatable bonds is 5. The molecule has 2 N–H and O–H groups in total. The van der Waals surface area contributed by atoms with Crippen molar-refractivity contribution in [3.05, 3.63) is 60.4 Å². The van der Waals surface area contributed by atoms with E-state index in [0.717, 1.165) is 11.3 Å². The Morgan fingerprint density at radius 3 is 2.64 bits per heavy atom. The Labute approximate surface area is 145 Å². The van der Waals surface area contributed by atoms with E-state index in [1.54, 1.807) is 21.8 Å². The lowest BCUT2D eigenvalue weighted by Gasteiger charge is -2.18. The number of amides is 2. The van der Waals surface area contributed by atoms with Gasteiger partial charge in [0, 0.05) is 19.4 Å². The molecule has 2 amide bonds. The molecular weight excluding hydrogens is 318 g/mol. The van der Waals surface area contributed by atoms with Crippen LogP contribution in [0.25, 0.3) is 5.69 Å². The van der Waals surface area contributed by atoms with E-state index >= 15 is 0 Å². The van der Waals surface area contributed by atoms with E-state index in [1.165, 1.54) is 0 Å². The van der Waals surface area contributed by atoms with Gasteiger partial charge in [-0.15, -0.1) is 10.2 Å². The van der Waals surface area contributed by atoms with E-state index in [2.05, 4.69) is 25.9 Å². The second-order valence-electron chi connectivity index (χ2n) is 5.91. The summed E-state index contributed by atoms with van der Waals surface area (Å²) < 4.78 is 3.56. The lowest BCUT2D eigenvalue weighted by Crippen LogP contribution is -2.39. The van der Waals surface area contributed by atoms with Gasteiger partial charge in [0.25, 0.3) is 0 Å². The van der Waals surface area contributed by atoms with Crippen LogP contribution in [0, 0.1) is 0 Å². The number of nitrogens with zero attached hydrogens (tertiary/aromatic N) is 5. The molecule has 1 aromatic carbocycles. The van der Waals surface area contributed by atoms with Crippen molar-refractivity contribution in [2.24, 2.45) is 7.05 Å². The third-order valence-corrected chi connectivity index (χ3v) is 3.97. The lowest BCUT2D eigenvalue weighted by atomic mass is 10.1. The van der Waals surface area contributed by atoms with Crippen molar-refractivity contribution >= 4 is 6.03 Å². The fourth-order valence-electron chi connectivity index (χ4n) is 2.63. The molecule has 0 saturated heterocycles. The maximum Gasteiger partial charge on any atom is 0.315 e. The SMILES string of the molecule is C[C@H](NC(=O)N[C@@H](C)c1nncn1C)c1cccc(-n2cccn2)c1. The zero-order valence-corrected chi connectivity index (χ0v) is 14.4. The normalized spacial score (nSPS) is 13.2. The van der Waals surface area contributed by atoms with Crippen LogP contribution in [0.15, 0.2) is 49.1 Å². The second-order valence-corrected chi connectivity index (χ2v) is 5.91. The van der Waals surface area contributed by atoms with Gasteiger partial charge in [0.15, 0.2) is 5.82 Å². The number of carbonyl (C=O) groups is 1. The number of benzene rings is 1. The van der Waals surface area contributed by atoms with Gasteiger partial charge in [0.05, 0.1) is 17.8 Å². The van der Waals surface area contributed by atoms with Gasteiger partial charge in [-0.2, -0.15) is 5.10 Å². The smallest absolute Gasteiger partial charge is 0.315 e. The van der Waals surface area contributed by atoms with Gasteiger partial charge in [0.1, 0.15) is 6.33 Å². The Kier molecular flexibility index (Phi) is 4.78. The van der Waals surface area contributed by atoms with Gasteiger partial charge in [0.2, 0.25) is 0 Å². The number of hydrogen-bond donors (Lipinski definition) is 2. The molecule has 0 fully saturated rings. The topological polar surface area (TPSA) is 89.7 Å². The minimum absolute atomic E-state index is 0.151. The number of urea groups is 1. The van der Waals surface area contributed by atoms with Crippen LogP contribution < -0.4 is 10.6 Å². The lowest BCUT2D eigenvalue weighted by molar-refractivity contribution is 0.234. The maximum atomic E-state index is 12.3. The summed E-state index contributed by atoms with van der Waals surface area (Å²) in [5, 5.41) is 17.9. The standard InChI is InChI=1S/C17H21N7O/c1-12(14-6-4-7-15(10-14)24-9-5-8-19-24)20-17(25)21-13(2)16-22-18-11-23(16)3/h4-13H,1-3H3,(H2,20,21,25)/t12-,13-/m0/s1. The van der Waals surface area contributed by atoms with E-state index < -0.39 is 0 Å². The summed E-state index contributed by atoms with van der Waals surface area (Å²) in [6.45, 7) is 3.81. The van der Waals surface area contributed by atoms with Gasteiger partial charge in [-0.05, 0) is 37.6 Å². The maximum absolute atomic E-state index is 12.3. The van der Waals surface area contributed by atoms with Crippen molar-refractivity contribution < 1.29 is 4.79 Å². The number of aromatic nitrogens is 5. The molecular formula is C17H21N7O. The first-order chi connectivity index (χ1) is 12.0. The molecule has 0 radical (unpaired) electrons. The quantitative estimate of drug-likeness (QED) is 0.745. The van der Waals surface area contributed by atoms with Crippen molar-refractivity contribution in [2.75, 3.05) is 0 Å². The average molecular weight is 339 g/mol. The Bertz CT molecular complexity index is 840. The minimum Gasteiger partial charge on any atom is -0.332 e. The Morgan fingerprint density at radius 2 is 1.96 bits per heavy atom. The number of nitrogens with one attached hydrogen (secondary N) is 2. The van der Waals surface area contributed by atoms with Crippen molar-refractivity contribution in [1.29, 1.82) is 0 Å². The Morgan fingerprint density at radius 1 is 1.16 bits per heavy atom. The first-order valence-corrected chi connectivity index (χ1v) is 8.05. The summed E-state index contributed by atoms with van der Waals surface area (Å²) in [7, 11) is 1.84. The van der Waals surface area contributed by atoms with Crippen LogP contribution in [-0.2, 0) is 7.05 Å². The van der Waals surface area contributed by atoms with Crippen LogP contribution in [0.5, 0.6) is 0 Å². The third-order valence-electron chi connectivity index (χ3n) is 3.97. The van der Waals surface area contributed by atoms with Crippen molar-refractivity contribution in [2.45, 2.75) is 25.9 Å². The highest BCUT2D eigenvalue weighted by Crippen LogP contribution is 2.16. The molecule has 2 heterocycles. The molecule has 2 aromatic heterocycles. The predicted octanol–water partition coefficient (Wildman–Crippen LogP) is 2.12. The monoisotopic (exact) mass is 339 g/mol. The molecule has 0 spiro atoms. The Hall–Kier alpha value is -3.16. The second kappa shape index (κ2) is 7.16. The predicted molar refractivity (Wildman–Crippen MR) is 93.1 cm³/mol. The number of hydrogen-bond acceptors (Lipinski definition) is 4. The zero-order chi connectivity index (χ0) is 17.8. The summed E-state index contributed by atoms with van der Waals surface area (Å²) in [5.74, 6) is 0.698. The van der Waals surface area contributed by atoms with Crippen LogP contribution in [0.3, 0.4) is 0 Å². The molecule has 0 unspecified atom stereocenters. The van der Waals surface area contributed by atoms with Crippen LogP contribution in [0.1, 0.15) is 37.3 Å². The van der Waals surface area contributed by atoms with Crippen LogP contribution in [0.2, 0.25) is 0 Å². The first-order valence-electron chi connectivity index (χ1n) is 8.05. The molecule has 3 rings (SSSR count). The van der Waals surface area contributed by atoms with Crippen LogP contribution >= 0.6 is 0 Å². The Balaban J connectivity index is 1.64. The molecule has 8 nitrogen and oxygen atoms in total. The molecule has 3 aromatic rings.